The van der Waals surface area contributed by atoms with E-state index in [0.717, 1.165) is 65.0 Å². The summed E-state index contributed by atoms with van der Waals surface area (Å²) in [5, 5.41) is 10.1. The van der Waals surface area contributed by atoms with E-state index in [9.17, 15) is 5.11 Å². The van der Waals surface area contributed by atoms with Gasteiger partial charge in [-0.2, -0.15) is 0 Å². The molecule has 0 aromatic rings. The standard InChI is InChI=1S/C17H39N3O/c1-6-19(7-2)14-10-12-17(18,16(5)21)13-11-15-20(8-3)9-4/h16,21H,6-15,18H2,1-5H3. The Hall–Kier alpha value is -0.160. The number of hydrogen-bond acceptors (Lipinski definition) is 4. The van der Waals surface area contributed by atoms with E-state index < -0.39 is 11.6 Å². The van der Waals surface area contributed by atoms with Crippen LogP contribution >= 0.6 is 0 Å². The van der Waals surface area contributed by atoms with Gasteiger partial charge in [-0.25, -0.2) is 0 Å². The molecule has 0 rings (SSSR count). The number of aliphatic hydroxyl groups is 1. The van der Waals surface area contributed by atoms with Gasteiger partial charge in [0, 0.05) is 5.54 Å². The lowest BCUT2D eigenvalue weighted by Crippen LogP contribution is -2.50. The Labute approximate surface area is 132 Å². The van der Waals surface area contributed by atoms with Crippen molar-refractivity contribution in [2.45, 2.75) is 71.9 Å². The summed E-state index contributed by atoms with van der Waals surface area (Å²) in [7, 11) is 0. The van der Waals surface area contributed by atoms with Crippen LogP contribution in [-0.4, -0.2) is 65.8 Å². The molecule has 3 N–H and O–H groups in total. The van der Waals surface area contributed by atoms with E-state index in [1.807, 2.05) is 6.92 Å². The van der Waals surface area contributed by atoms with Gasteiger partial charge < -0.3 is 20.6 Å². The molecule has 0 saturated heterocycles. The first-order valence-electron chi connectivity index (χ1n) is 8.85. The maximum absolute atomic E-state index is 10.1. The van der Waals surface area contributed by atoms with Crippen LogP contribution in [0.2, 0.25) is 0 Å². The predicted octanol–water partition coefficient (Wildman–Crippen LogP) is 2.31. The van der Waals surface area contributed by atoms with Crippen molar-refractivity contribution in [1.82, 2.24) is 9.80 Å². The molecular weight excluding hydrogens is 262 g/mol. The molecule has 0 saturated carbocycles. The summed E-state index contributed by atoms with van der Waals surface area (Å²) in [6.45, 7) is 17.1. The smallest absolute Gasteiger partial charge is 0.0691 e. The van der Waals surface area contributed by atoms with Gasteiger partial charge in [0.2, 0.25) is 0 Å². The van der Waals surface area contributed by atoms with Crippen LogP contribution in [0.5, 0.6) is 0 Å². The van der Waals surface area contributed by atoms with Gasteiger partial charge in [-0.15, -0.1) is 0 Å². The minimum absolute atomic E-state index is 0.430. The number of aliphatic hydroxyl groups excluding tert-OH is 1. The van der Waals surface area contributed by atoms with Crippen molar-refractivity contribution in [3.63, 3.8) is 0 Å². The summed E-state index contributed by atoms with van der Waals surface area (Å²) in [5.41, 5.74) is 6.06. The third-order valence-corrected chi connectivity index (χ3v) is 4.85. The molecule has 0 amide bonds. The number of nitrogens with zero attached hydrogens (tertiary/aromatic N) is 2. The molecule has 0 fully saturated rings. The van der Waals surface area contributed by atoms with E-state index >= 15 is 0 Å². The Morgan fingerprint density at radius 3 is 1.43 bits per heavy atom. The molecule has 0 aromatic carbocycles. The van der Waals surface area contributed by atoms with Crippen molar-refractivity contribution in [3.05, 3.63) is 0 Å². The van der Waals surface area contributed by atoms with Crippen molar-refractivity contribution >= 4 is 0 Å². The van der Waals surface area contributed by atoms with Crippen LogP contribution in [0.4, 0.5) is 0 Å². The third kappa shape index (κ3) is 8.15. The zero-order chi connectivity index (χ0) is 16.3. The molecule has 1 atom stereocenters. The lowest BCUT2D eigenvalue weighted by atomic mass is 9.84. The van der Waals surface area contributed by atoms with Gasteiger partial charge in [0.15, 0.2) is 0 Å². The lowest BCUT2D eigenvalue weighted by molar-refractivity contribution is 0.0805. The topological polar surface area (TPSA) is 52.7 Å². The molecule has 4 heteroatoms. The molecule has 0 aromatic heterocycles. The molecule has 21 heavy (non-hydrogen) atoms. The van der Waals surface area contributed by atoms with E-state index in [-0.39, 0.29) is 0 Å². The molecular formula is C17H39N3O. The maximum atomic E-state index is 10.1. The molecule has 0 radical (unpaired) electrons. The molecule has 0 aliphatic rings. The van der Waals surface area contributed by atoms with Gasteiger partial charge in [0.05, 0.1) is 6.10 Å². The summed E-state index contributed by atoms with van der Waals surface area (Å²) >= 11 is 0. The van der Waals surface area contributed by atoms with Crippen LogP contribution in [0.1, 0.15) is 60.3 Å². The van der Waals surface area contributed by atoms with Crippen LogP contribution in [-0.2, 0) is 0 Å². The second-order valence-electron chi connectivity index (χ2n) is 6.17. The fraction of sp³-hybridized carbons (Fsp3) is 1.00. The van der Waals surface area contributed by atoms with E-state index in [0.29, 0.717) is 0 Å². The zero-order valence-corrected chi connectivity index (χ0v) is 15.1. The Balaban J connectivity index is 4.23. The van der Waals surface area contributed by atoms with Gasteiger partial charge in [-0.1, -0.05) is 27.7 Å². The molecule has 0 bridgehead atoms. The lowest BCUT2D eigenvalue weighted by Gasteiger charge is -2.34. The van der Waals surface area contributed by atoms with E-state index in [4.69, 9.17) is 5.73 Å². The van der Waals surface area contributed by atoms with Crippen molar-refractivity contribution < 1.29 is 5.11 Å². The predicted molar refractivity (Wildman–Crippen MR) is 92.6 cm³/mol. The third-order valence-electron chi connectivity index (χ3n) is 4.85. The fourth-order valence-corrected chi connectivity index (χ4v) is 2.89. The van der Waals surface area contributed by atoms with Crippen LogP contribution in [0.25, 0.3) is 0 Å². The van der Waals surface area contributed by atoms with Gasteiger partial charge in [-0.3, -0.25) is 0 Å². The van der Waals surface area contributed by atoms with E-state index in [2.05, 4.69) is 37.5 Å². The zero-order valence-electron chi connectivity index (χ0n) is 15.1. The minimum atomic E-state index is -0.439. The van der Waals surface area contributed by atoms with Crippen molar-refractivity contribution in [1.29, 1.82) is 0 Å². The molecule has 0 heterocycles. The average Bonchev–Trinajstić information content (AvgIpc) is 2.48. The Kier molecular flexibility index (Phi) is 11.3. The molecule has 0 spiro atoms. The van der Waals surface area contributed by atoms with Crippen LogP contribution in [0.3, 0.4) is 0 Å². The quantitative estimate of drug-likeness (QED) is 0.548. The minimum Gasteiger partial charge on any atom is -0.392 e. The number of rotatable bonds is 13. The molecule has 4 nitrogen and oxygen atoms in total. The highest BCUT2D eigenvalue weighted by molar-refractivity contribution is 4.89. The fourth-order valence-electron chi connectivity index (χ4n) is 2.89. The van der Waals surface area contributed by atoms with Crippen molar-refractivity contribution in [3.8, 4) is 0 Å². The highest BCUT2D eigenvalue weighted by atomic mass is 16.3. The molecule has 0 aliphatic heterocycles. The van der Waals surface area contributed by atoms with E-state index in [1.54, 1.807) is 0 Å². The first-order chi connectivity index (χ1) is 9.93. The Morgan fingerprint density at radius 1 is 0.857 bits per heavy atom. The summed E-state index contributed by atoms with van der Waals surface area (Å²) in [4.78, 5) is 4.83. The summed E-state index contributed by atoms with van der Waals surface area (Å²) in [6, 6.07) is 0. The molecule has 1 unspecified atom stereocenters. The number of hydrogen-bond donors (Lipinski definition) is 2. The van der Waals surface area contributed by atoms with Gasteiger partial charge in [0.1, 0.15) is 0 Å². The first kappa shape index (κ1) is 20.8. The number of nitrogens with two attached hydrogens (primary N) is 1. The Bertz CT molecular complexity index is 220. The van der Waals surface area contributed by atoms with Crippen LogP contribution in [0.15, 0.2) is 0 Å². The van der Waals surface area contributed by atoms with Crippen molar-refractivity contribution in [2.24, 2.45) is 5.73 Å². The van der Waals surface area contributed by atoms with E-state index in [1.165, 1.54) is 0 Å². The highest BCUT2D eigenvalue weighted by Gasteiger charge is 2.29. The largest absolute Gasteiger partial charge is 0.392 e. The van der Waals surface area contributed by atoms with Crippen molar-refractivity contribution in [2.75, 3.05) is 39.3 Å². The van der Waals surface area contributed by atoms with Crippen LogP contribution in [0, 0.1) is 0 Å². The average molecular weight is 302 g/mol. The first-order valence-corrected chi connectivity index (χ1v) is 8.85. The normalized spacial score (nSPS) is 14.1. The van der Waals surface area contributed by atoms with Gasteiger partial charge in [0.25, 0.3) is 0 Å². The summed E-state index contributed by atoms with van der Waals surface area (Å²) in [6.07, 6.45) is 3.49. The maximum Gasteiger partial charge on any atom is 0.0691 e. The SMILES string of the molecule is CCN(CC)CCCC(N)(CCCN(CC)CC)C(C)O. The molecule has 128 valence electrons. The second kappa shape index (κ2) is 11.4. The van der Waals surface area contributed by atoms with Crippen LogP contribution < -0.4 is 5.73 Å². The molecule has 0 aliphatic carbocycles. The summed E-state index contributed by atoms with van der Waals surface area (Å²) in [5.74, 6) is 0. The monoisotopic (exact) mass is 301 g/mol. The van der Waals surface area contributed by atoms with Gasteiger partial charge in [-0.05, 0) is 71.9 Å². The van der Waals surface area contributed by atoms with Gasteiger partial charge >= 0.3 is 0 Å². The summed E-state index contributed by atoms with van der Waals surface area (Å²) < 4.78 is 0. The second-order valence-corrected chi connectivity index (χ2v) is 6.17. The highest BCUT2D eigenvalue weighted by Crippen LogP contribution is 2.21. The Morgan fingerprint density at radius 2 is 1.19 bits per heavy atom.